The Labute approximate surface area is 126 Å². The summed E-state index contributed by atoms with van der Waals surface area (Å²) in [7, 11) is 0. The molecule has 1 unspecified atom stereocenters. The Balaban J connectivity index is 3.00. The van der Waals surface area contributed by atoms with Gasteiger partial charge in [0.25, 0.3) is 5.91 Å². The van der Waals surface area contributed by atoms with E-state index in [1.807, 2.05) is 0 Å². The number of alkyl halides is 4. The Bertz CT molecular complexity index is 556. The summed E-state index contributed by atoms with van der Waals surface area (Å²) in [6.07, 6.45) is -4.11. The predicted octanol–water partition coefficient (Wildman–Crippen LogP) is 2.78. The van der Waals surface area contributed by atoms with Gasteiger partial charge in [-0.1, -0.05) is 11.6 Å². The maximum absolute atomic E-state index is 12.3. The number of carboxylic acids is 1. The van der Waals surface area contributed by atoms with Gasteiger partial charge in [0.2, 0.25) is 6.43 Å². The van der Waals surface area contributed by atoms with E-state index in [9.17, 15) is 27.2 Å². The molecule has 122 valence electrons. The molecule has 1 aromatic rings. The van der Waals surface area contributed by atoms with Crippen LogP contribution in [0.15, 0.2) is 18.2 Å². The molecule has 1 aromatic carbocycles. The van der Waals surface area contributed by atoms with Crippen molar-refractivity contribution in [3.63, 3.8) is 0 Å². The van der Waals surface area contributed by atoms with Gasteiger partial charge in [-0.3, -0.25) is 4.79 Å². The van der Waals surface area contributed by atoms with Crippen molar-refractivity contribution in [2.45, 2.75) is 25.5 Å². The number of carbonyl (C=O) groups is 2. The van der Waals surface area contributed by atoms with Gasteiger partial charge < -0.3 is 15.2 Å². The minimum atomic E-state index is -3.23. The number of nitrogens with one attached hydrogen (secondary N) is 1. The van der Waals surface area contributed by atoms with E-state index in [0.717, 1.165) is 12.1 Å². The molecule has 0 spiro atoms. The van der Waals surface area contributed by atoms with E-state index in [0.29, 0.717) is 0 Å². The van der Waals surface area contributed by atoms with E-state index in [4.69, 9.17) is 16.7 Å². The Kier molecular flexibility index (Phi) is 6.41. The quantitative estimate of drug-likeness (QED) is 0.746. The lowest BCUT2D eigenvalue weighted by molar-refractivity contribution is -0.140. The molecule has 0 aliphatic carbocycles. The second kappa shape index (κ2) is 7.83. The van der Waals surface area contributed by atoms with Crippen LogP contribution in [0.3, 0.4) is 0 Å². The molecule has 5 nitrogen and oxygen atoms in total. The molecule has 22 heavy (non-hydrogen) atoms. The Morgan fingerprint density at radius 2 is 1.91 bits per heavy atom. The summed E-state index contributed by atoms with van der Waals surface area (Å²) in [6, 6.07) is 1.22. The zero-order valence-electron chi connectivity index (χ0n) is 10.7. The highest BCUT2D eigenvalue weighted by atomic mass is 35.5. The molecule has 0 fully saturated rings. The van der Waals surface area contributed by atoms with Crippen molar-refractivity contribution in [1.82, 2.24) is 5.32 Å². The number of ether oxygens (including phenoxy) is 1. The zero-order chi connectivity index (χ0) is 16.9. The van der Waals surface area contributed by atoms with Gasteiger partial charge in [0, 0.05) is 11.4 Å². The van der Waals surface area contributed by atoms with E-state index in [1.54, 1.807) is 5.32 Å². The van der Waals surface area contributed by atoms with Crippen LogP contribution in [0.1, 0.15) is 16.8 Å². The molecule has 10 heteroatoms. The average Bonchev–Trinajstić information content (AvgIpc) is 2.38. The first-order chi connectivity index (χ1) is 10.2. The molecule has 1 rings (SSSR count). The normalized spacial score (nSPS) is 12.3. The summed E-state index contributed by atoms with van der Waals surface area (Å²) in [4.78, 5) is 22.7. The molecule has 0 saturated heterocycles. The number of benzene rings is 1. The summed E-state index contributed by atoms with van der Waals surface area (Å²) < 4.78 is 53.1. The van der Waals surface area contributed by atoms with Gasteiger partial charge in [0.05, 0.1) is 5.56 Å². The van der Waals surface area contributed by atoms with Crippen LogP contribution in [0.4, 0.5) is 17.6 Å². The second-order valence-corrected chi connectivity index (χ2v) is 4.45. The third-order valence-electron chi connectivity index (χ3n) is 2.42. The minimum absolute atomic E-state index is 0.00694. The first kappa shape index (κ1) is 18.0. The lowest BCUT2D eigenvalue weighted by atomic mass is 10.1. The largest absolute Gasteiger partial charge is 0.480 e. The van der Waals surface area contributed by atoms with Crippen LogP contribution in [-0.2, 0) is 4.79 Å². The van der Waals surface area contributed by atoms with Crippen LogP contribution in [0.25, 0.3) is 0 Å². The monoisotopic (exact) mass is 343 g/mol. The first-order valence-electron chi connectivity index (χ1n) is 5.77. The Hall–Kier alpha value is -2.03. The van der Waals surface area contributed by atoms with Crippen molar-refractivity contribution in [2.24, 2.45) is 0 Å². The second-order valence-electron chi connectivity index (χ2n) is 4.01. The van der Waals surface area contributed by atoms with E-state index in [-0.39, 0.29) is 5.02 Å². The van der Waals surface area contributed by atoms with Gasteiger partial charge in [0.1, 0.15) is 11.8 Å². The van der Waals surface area contributed by atoms with Crippen LogP contribution >= 0.6 is 11.6 Å². The van der Waals surface area contributed by atoms with Gasteiger partial charge in [-0.25, -0.2) is 13.6 Å². The third-order valence-corrected chi connectivity index (χ3v) is 2.65. The first-order valence-corrected chi connectivity index (χ1v) is 6.14. The van der Waals surface area contributed by atoms with Gasteiger partial charge in [0.15, 0.2) is 0 Å². The maximum atomic E-state index is 12.3. The number of carbonyl (C=O) groups excluding carboxylic acids is 1. The van der Waals surface area contributed by atoms with Crippen molar-refractivity contribution < 1.29 is 37.0 Å². The van der Waals surface area contributed by atoms with E-state index in [1.165, 1.54) is 6.07 Å². The fraction of sp³-hybridized carbons (Fsp3) is 0.333. The Morgan fingerprint density at radius 3 is 2.41 bits per heavy atom. The molecule has 0 bridgehead atoms. The predicted molar refractivity (Wildman–Crippen MR) is 67.6 cm³/mol. The van der Waals surface area contributed by atoms with Gasteiger partial charge in [-0.15, -0.1) is 0 Å². The Morgan fingerprint density at radius 1 is 1.27 bits per heavy atom. The molecule has 0 saturated carbocycles. The summed E-state index contributed by atoms with van der Waals surface area (Å²) in [5.41, 5.74) is -0.492. The van der Waals surface area contributed by atoms with Crippen LogP contribution in [0.2, 0.25) is 5.02 Å². The number of aliphatic carboxylic acids is 1. The molecule has 0 radical (unpaired) electrons. The lowest BCUT2D eigenvalue weighted by Gasteiger charge is -2.16. The van der Waals surface area contributed by atoms with E-state index < -0.39 is 48.7 Å². The van der Waals surface area contributed by atoms with Gasteiger partial charge in [-0.05, 0) is 18.2 Å². The van der Waals surface area contributed by atoms with Crippen molar-refractivity contribution in [3.05, 3.63) is 28.8 Å². The molecular formula is C12H10ClF4NO4. The summed E-state index contributed by atoms with van der Waals surface area (Å²) >= 11 is 5.62. The van der Waals surface area contributed by atoms with Crippen LogP contribution in [0, 0.1) is 0 Å². The van der Waals surface area contributed by atoms with Gasteiger partial charge in [-0.2, -0.15) is 8.78 Å². The summed E-state index contributed by atoms with van der Waals surface area (Å²) in [5, 5.41) is 10.6. The fourth-order valence-electron chi connectivity index (χ4n) is 1.51. The van der Waals surface area contributed by atoms with Crippen LogP contribution < -0.4 is 10.1 Å². The van der Waals surface area contributed by atoms with Gasteiger partial charge >= 0.3 is 12.6 Å². The van der Waals surface area contributed by atoms with E-state index >= 15 is 0 Å². The standard InChI is InChI=1S/C12H10ClF4NO4/c13-5-1-2-8(22-12(16)17)6(3-5)10(19)18-7(11(20)21)4-9(14)15/h1-3,7,9,12H,4H2,(H,18,19)(H,20,21). The average molecular weight is 344 g/mol. The highest BCUT2D eigenvalue weighted by Crippen LogP contribution is 2.24. The maximum Gasteiger partial charge on any atom is 0.387 e. The number of carboxylic acid groups (broad SMARTS) is 1. The number of hydrogen-bond acceptors (Lipinski definition) is 3. The van der Waals surface area contributed by atoms with Crippen molar-refractivity contribution in [1.29, 1.82) is 0 Å². The molecule has 0 heterocycles. The molecule has 0 aliphatic heterocycles. The lowest BCUT2D eigenvalue weighted by Crippen LogP contribution is -2.42. The molecule has 1 atom stereocenters. The fourth-order valence-corrected chi connectivity index (χ4v) is 1.69. The van der Waals surface area contributed by atoms with Crippen molar-refractivity contribution in [3.8, 4) is 5.75 Å². The highest BCUT2D eigenvalue weighted by molar-refractivity contribution is 6.31. The van der Waals surface area contributed by atoms with E-state index in [2.05, 4.69) is 4.74 Å². The molecule has 0 aromatic heterocycles. The zero-order valence-corrected chi connectivity index (χ0v) is 11.5. The van der Waals surface area contributed by atoms with Crippen LogP contribution in [-0.4, -0.2) is 36.1 Å². The molecule has 0 aliphatic rings. The third kappa shape index (κ3) is 5.40. The molecule has 1 amide bonds. The summed E-state index contributed by atoms with van der Waals surface area (Å²) in [5.74, 6) is -3.42. The number of hydrogen-bond donors (Lipinski definition) is 2. The van der Waals surface area contributed by atoms with Crippen molar-refractivity contribution >= 4 is 23.5 Å². The highest BCUT2D eigenvalue weighted by Gasteiger charge is 2.26. The minimum Gasteiger partial charge on any atom is -0.480 e. The summed E-state index contributed by atoms with van der Waals surface area (Å²) in [6.45, 7) is -3.23. The van der Waals surface area contributed by atoms with Crippen LogP contribution in [0.5, 0.6) is 5.75 Å². The SMILES string of the molecule is O=C(NC(CC(F)F)C(=O)O)c1cc(Cl)ccc1OC(F)F. The van der Waals surface area contributed by atoms with Crippen molar-refractivity contribution in [2.75, 3.05) is 0 Å². The molecule has 2 N–H and O–H groups in total. The number of halogens is 5. The molecular weight excluding hydrogens is 334 g/mol. The smallest absolute Gasteiger partial charge is 0.387 e. The topological polar surface area (TPSA) is 75.6 Å². The number of amides is 1. The number of rotatable bonds is 7.